The van der Waals surface area contributed by atoms with E-state index in [1.165, 1.54) is 17.0 Å². The number of carbonyl (C=O) groups excluding carboxylic acids is 2. The fraction of sp³-hybridized carbons (Fsp3) is 0.278. The number of thiophene rings is 1. The lowest BCUT2D eigenvalue weighted by Crippen LogP contribution is -2.21. The number of nitrogens with one attached hydrogen (secondary N) is 1. The molecule has 0 aliphatic heterocycles. The molecule has 1 aliphatic rings. The van der Waals surface area contributed by atoms with Crippen molar-refractivity contribution in [3.05, 3.63) is 50.2 Å². The number of halogens is 1. The van der Waals surface area contributed by atoms with Gasteiger partial charge in [0.05, 0.1) is 16.1 Å². The number of nitriles is 1. The summed E-state index contributed by atoms with van der Waals surface area (Å²) in [4.78, 5) is 25.4. The number of fused-ring (bicyclic) bond motifs is 1. The summed E-state index contributed by atoms with van der Waals surface area (Å²) in [5.41, 5.74) is 2.42. The summed E-state index contributed by atoms with van der Waals surface area (Å²) in [6.45, 7) is -0.374. The second kappa shape index (κ2) is 7.68. The van der Waals surface area contributed by atoms with E-state index in [1.54, 1.807) is 17.4 Å². The van der Waals surface area contributed by atoms with Gasteiger partial charge in [0.15, 0.2) is 6.61 Å². The van der Waals surface area contributed by atoms with Crippen molar-refractivity contribution in [2.75, 3.05) is 11.9 Å². The lowest BCUT2D eigenvalue weighted by atomic mass is 9.96. The number of nitrogens with zero attached hydrogens (tertiary/aromatic N) is 1. The van der Waals surface area contributed by atoms with Crippen molar-refractivity contribution in [3.8, 4) is 6.07 Å². The Morgan fingerprint density at radius 3 is 2.88 bits per heavy atom. The summed E-state index contributed by atoms with van der Waals surface area (Å²) in [6.07, 6.45) is 4.12. The number of hydrogen-bond acceptors (Lipinski definition) is 5. The first-order valence-electron chi connectivity index (χ1n) is 7.84. The van der Waals surface area contributed by atoms with Gasteiger partial charge in [-0.1, -0.05) is 11.6 Å². The first-order valence-corrected chi connectivity index (χ1v) is 9.10. The van der Waals surface area contributed by atoms with Crippen molar-refractivity contribution in [1.29, 1.82) is 5.26 Å². The molecule has 0 spiro atoms. The highest BCUT2D eigenvalue weighted by atomic mass is 35.5. The summed E-state index contributed by atoms with van der Waals surface area (Å²) >= 11 is 7.50. The van der Waals surface area contributed by atoms with Crippen molar-refractivity contribution < 1.29 is 14.3 Å². The van der Waals surface area contributed by atoms with E-state index in [0.717, 1.165) is 31.2 Å². The van der Waals surface area contributed by atoms with Crippen LogP contribution in [0.25, 0.3) is 0 Å². The number of anilines is 1. The third kappa shape index (κ3) is 4.01. The van der Waals surface area contributed by atoms with Gasteiger partial charge in [0.2, 0.25) is 0 Å². The molecule has 0 radical (unpaired) electrons. The predicted molar refractivity (Wildman–Crippen MR) is 96.0 cm³/mol. The number of ether oxygens (including phenoxy) is 1. The zero-order valence-corrected chi connectivity index (χ0v) is 14.9. The van der Waals surface area contributed by atoms with Crippen LogP contribution in [0.1, 0.15) is 39.2 Å². The van der Waals surface area contributed by atoms with E-state index in [-0.39, 0.29) is 11.6 Å². The smallest absolute Gasteiger partial charge is 0.339 e. The fourth-order valence-electron chi connectivity index (χ4n) is 2.75. The topological polar surface area (TPSA) is 79.2 Å². The predicted octanol–water partition coefficient (Wildman–Crippen LogP) is 3.95. The average Bonchev–Trinajstić information content (AvgIpc) is 3.04. The molecule has 128 valence electrons. The maximum atomic E-state index is 12.2. The molecule has 3 rings (SSSR count). The maximum absolute atomic E-state index is 12.2. The van der Waals surface area contributed by atoms with Crippen molar-refractivity contribution in [2.45, 2.75) is 25.7 Å². The molecule has 1 aromatic carbocycles. The van der Waals surface area contributed by atoms with Gasteiger partial charge < -0.3 is 10.1 Å². The van der Waals surface area contributed by atoms with E-state index in [9.17, 15) is 9.59 Å². The van der Waals surface area contributed by atoms with Crippen LogP contribution in [0.5, 0.6) is 0 Å². The molecule has 25 heavy (non-hydrogen) atoms. The number of esters is 1. The second-order valence-electron chi connectivity index (χ2n) is 5.69. The Kier molecular flexibility index (Phi) is 5.37. The molecular weight excluding hydrogens is 360 g/mol. The Hall–Kier alpha value is -2.36. The molecule has 0 fully saturated rings. The second-order valence-corrected chi connectivity index (χ2v) is 7.06. The summed E-state index contributed by atoms with van der Waals surface area (Å²) < 4.78 is 5.13. The lowest BCUT2D eigenvalue weighted by Gasteiger charge is -2.12. The number of amides is 1. The highest BCUT2D eigenvalue weighted by Crippen LogP contribution is 2.30. The van der Waals surface area contributed by atoms with Gasteiger partial charge in [-0.25, -0.2) is 4.79 Å². The van der Waals surface area contributed by atoms with Crippen LogP contribution in [0.4, 0.5) is 5.69 Å². The first kappa shape index (κ1) is 17.5. The van der Waals surface area contributed by atoms with Crippen LogP contribution in [0.3, 0.4) is 0 Å². The normalized spacial score (nSPS) is 12.8. The van der Waals surface area contributed by atoms with E-state index in [2.05, 4.69) is 5.32 Å². The average molecular weight is 375 g/mol. The molecule has 0 saturated heterocycles. The number of carbonyl (C=O) groups is 2. The summed E-state index contributed by atoms with van der Waals surface area (Å²) in [7, 11) is 0. The molecule has 1 aliphatic carbocycles. The van der Waals surface area contributed by atoms with E-state index in [4.69, 9.17) is 21.6 Å². The Labute approximate surface area is 154 Å². The Morgan fingerprint density at radius 2 is 2.12 bits per heavy atom. The Bertz CT molecular complexity index is 870. The molecule has 0 bridgehead atoms. The highest BCUT2D eigenvalue weighted by Gasteiger charge is 2.21. The van der Waals surface area contributed by atoms with E-state index in [0.29, 0.717) is 16.8 Å². The highest BCUT2D eigenvalue weighted by molar-refractivity contribution is 7.10. The SMILES string of the molecule is N#Cc1ccc(NC(=O)COC(=O)c2csc3c2CCCC3)cc1Cl. The van der Waals surface area contributed by atoms with Crippen molar-refractivity contribution in [3.63, 3.8) is 0 Å². The van der Waals surface area contributed by atoms with Crippen LogP contribution in [0.2, 0.25) is 5.02 Å². The van der Waals surface area contributed by atoms with Gasteiger partial charge in [-0.15, -0.1) is 11.3 Å². The van der Waals surface area contributed by atoms with Crippen molar-refractivity contribution >= 4 is 40.5 Å². The van der Waals surface area contributed by atoms with Crippen LogP contribution in [-0.4, -0.2) is 18.5 Å². The standard InChI is InChI=1S/C18H15ClN2O3S/c19-15-7-12(6-5-11(15)8-20)21-17(22)9-24-18(23)14-10-25-16-4-2-1-3-13(14)16/h5-7,10H,1-4,9H2,(H,21,22). The summed E-state index contributed by atoms with van der Waals surface area (Å²) in [6, 6.07) is 6.51. The molecule has 0 unspecified atom stereocenters. The Balaban J connectivity index is 1.57. The maximum Gasteiger partial charge on any atom is 0.339 e. The molecule has 0 atom stereocenters. The van der Waals surface area contributed by atoms with Gasteiger partial charge in [0.1, 0.15) is 6.07 Å². The third-order valence-electron chi connectivity index (χ3n) is 3.99. The van der Waals surface area contributed by atoms with Crippen molar-refractivity contribution in [2.24, 2.45) is 0 Å². The first-order chi connectivity index (χ1) is 12.1. The van der Waals surface area contributed by atoms with Crippen molar-refractivity contribution in [1.82, 2.24) is 0 Å². The van der Waals surface area contributed by atoms with Crippen LogP contribution in [-0.2, 0) is 22.4 Å². The van der Waals surface area contributed by atoms with E-state index in [1.807, 2.05) is 11.4 Å². The van der Waals surface area contributed by atoms with Gasteiger partial charge in [-0.05, 0) is 49.4 Å². The fourth-order valence-corrected chi connectivity index (χ4v) is 4.09. The van der Waals surface area contributed by atoms with Crippen LogP contribution >= 0.6 is 22.9 Å². The van der Waals surface area contributed by atoms with Gasteiger partial charge >= 0.3 is 5.97 Å². The third-order valence-corrected chi connectivity index (χ3v) is 5.39. The largest absolute Gasteiger partial charge is 0.452 e. The Morgan fingerprint density at radius 1 is 1.32 bits per heavy atom. The molecule has 0 saturated carbocycles. The molecular formula is C18H15ClN2O3S. The molecule has 1 heterocycles. The quantitative estimate of drug-likeness (QED) is 0.822. The minimum Gasteiger partial charge on any atom is -0.452 e. The molecule has 7 heteroatoms. The van der Waals surface area contributed by atoms with Gasteiger partial charge in [-0.3, -0.25) is 4.79 Å². The molecule has 1 N–H and O–H groups in total. The van der Waals surface area contributed by atoms with Crippen LogP contribution in [0, 0.1) is 11.3 Å². The van der Waals surface area contributed by atoms with Gasteiger partial charge in [-0.2, -0.15) is 5.26 Å². The van der Waals surface area contributed by atoms with E-state index < -0.39 is 11.9 Å². The van der Waals surface area contributed by atoms with Gasteiger partial charge in [0.25, 0.3) is 5.91 Å². The summed E-state index contributed by atoms with van der Waals surface area (Å²) in [5.74, 6) is -0.925. The number of benzene rings is 1. The number of aryl methyl sites for hydroxylation is 1. The molecule has 2 aromatic rings. The minimum atomic E-state index is -0.465. The van der Waals surface area contributed by atoms with Crippen LogP contribution in [0.15, 0.2) is 23.6 Å². The van der Waals surface area contributed by atoms with Crippen LogP contribution < -0.4 is 5.32 Å². The summed E-state index contributed by atoms with van der Waals surface area (Å²) in [5, 5.41) is 13.5. The van der Waals surface area contributed by atoms with E-state index >= 15 is 0 Å². The molecule has 5 nitrogen and oxygen atoms in total. The zero-order chi connectivity index (χ0) is 17.8. The monoisotopic (exact) mass is 374 g/mol. The lowest BCUT2D eigenvalue weighted by molar-refractivity contribution is -0.119. The number of hydrogen-bond donors (Lipinski definition) is 1. The zero-order valence-electron chi connectivity index (χ0n) is 13.3. The number of rotatable bonds is 4. The minimum absolute atomic E-state index is 0.252. The van der Waals surface area contributed by atoms with Gasteiger partial charge in [0, 0.05) is 15.9 Å². The molecule has 1 amide bonds. The molecule has 1 aromatic heterocycles.